The van der Waals surface area contributed by atoms with Crippen LogP contribution in [0.15, 0.2) is 72.8 Å². The normalized spacial score (nSPS) is 12.3. The molecule has 0 saturated carbocycles. The summed E-state index contributed by atoms with van der Waals surface area (Å²) in [7, 11) is 0. The second kappa shape index (κ2) is 30.9. The maximum Gasteiger partial charge on any atom is 0.374 e. The largest absolute Gasteiger partial charge is 0.374 e. The highest BCUT2D eigenvalue weighted by Crippen LogP contribution is 2.27. The molecule has 0 spiro atoms. The molecule has 0 saturated heterocycles. The van der Waals surface area contributed by atoms with Gasteiger partial charge in [-0.15, -0.1) is 0 Å². The molecule has 0 atom stereocenters. The van der Waals surface area contributed by atoms with Gasteiger partial charge in [0.15, 0.2) is 11.6 Å². The lowest BCUT2D eigenvalue weighted by Gasteiger charge is -2.19. The summed E-state index contributed by atoms with van der Waals surface area (Å²) in [4.78, 5) is 211. The average Bonchev–Trinajstić information content (AvgIpc) is 0.809. The van der Waals surface area contributed by atoms with Crippen LogP contribution in [0.1, 0.15) is 281 Å². The highest BCUT2D eigenvalue weighted by atomic mass is 17.2. The molecule has 0 aliphatic heterocycles. The van der Waals surface area contributed by atoms with Crippen LogP contribution >= 0.6 is 0 Å². The molecular weight excluding hydrogens is 1210 g/mol. The van der Waals surface area contributed by atoms with Crippen LogP contribution in [-0.4, -0.2) is 104 Å². The van der Waals surface area contributed by atoms with Gasteiger partial charge in [0, 0.05) is 22.3 Å². The molecule has 0 unspecified atom stereocenters. The highest BCUT2D eigenvalue weighted by molar-refractivity contribution is 6.15. The number of hydrogen-bond donors (Lipinski definition) is 0. The Morgan fingerprint density at radius 3 is 0.435 bits per heavy atom. The first kappa shape index (κ1) is 77.9. The van der Waals surface area contributed by atoms with E-state index in [1.807, 2.05) is 0 Å². The third-order valence-corrected chi connectivity index (χ3v) is 9.83. The molecule has 0 aliphatic rings. The highest BCUT2D eigenvalue weighted by Gasteiger charge is 2.33. The van der Waals surface area contributed by atoms with Gasteiger partial charge in [-0.2, -0.15) is 39.1 Å². The summed E-state index contributed by atoms with van der Waals surface area (Å²) in [6.45, 7) is 39.4. The van der Waals surface area contributed by atoms with Gasteiger partial charge in [-0.05, 0) is 215 Å². The van der Waals surface area contributed by atoms with E-state index in [0.29, 0.717) is 0 Å². The van der Waals surface area contributed by atoms with Gasteiger partial charge in [0.1, 0.15) is 44.8 Å². The Labute approximate surface area is 534 Å². The molecule has 0 fully saturated rings. The van der Waals surface area contributed by atoms with Crippen LogP contribution in [0.25, 0.3) is 0 Å². The molecule has 0 amide bonds. The molecular formula is C66H84O26. The molecule has 0 aliphatic carbocycles. The van der Waals surface area contributed by atoms with Crippen LogP contribution in [0, 0.1) is 0 Å². The van der Waals surface area contributed by atoms with Gasteiger partial charge in [0.25, 0.3) is 0 Å². The van der Waals surface area contributed by atoms with Crippen LogP contribution in [0.4, 0.5) is 0 Å². The molecule has 4 rings (SSSR count). The Morgan fingerprint density at radius 1 is 0.196 bits per heavy atom. The summed E-state index contributed by atoms with van der Waals surface area (Å²) in [6, 6.07) is 14.2. The van der Waals surface area contributed by atoms with Gasteiger partial charge in [-0.3, -0.25) is 48.7 Å². The molecule has 26 nitrogen and oxygen atoms in total. The Balaban J connectivity index is 0.000000480. The summed E-state index contributed by atoms with van der Waals surface area (Å²) < 4.78 is 0. The molecule has 26 heteroatoms. The van der Waals surface area contributed by atoms with Crippen molar-refractivity contribution in [2.24, 2.45) is 0 Å². The first-order valence-corrected chi connectivity index (χ1v) is 28.6. The Morgan fingerprint density at radius 2 is 0.315 bits per heavy atom. The van der Waals surface area contributed by atoms with Crippen molar-refractivity contribution in [1.82, 2.24) is 0 Å². The van der Waals surface area contributed by atoms with Crippen molar-refractivity contribution in [3.63, 3.8) is 0 Å². The lowest BCUT2D eigenvalue weighted by Crippen LogP contribution is -2.25. The van der Waals surface area contributed by atoms with Crippen molar-refractivity contribution >= 4 is 59.3 Å². The summed E-state index contributed by atoms with van der Waals surface area (Å²) in [5.41, 5.74) is -9.87. The molecule has 0 bridgehead atoms. The fourth-order valence-electron chi connectivity index (χ4n) is 6.12. The van der Waals surface area contributed by atoms with Gasteiger partial charge in [0.05, 0.1) is 44.5 Å². The van der Waals surface area contributed by atoms with Crippen LogP contribution in [0.3, 0.4) is 0 Å². The topological polar surface area (TPSA) is 318 Å². The SMILES string of the molecule is CC(C)(C)OOC(=O)c1ccc(C(=O)c2ccc(C(=O)OOC(C)(C)C)c(C(=O)OOC(C)(C)C)c2)cc1C(=O)OOC(C)(C)C.CC(C)(C)OOC(=O)c1ccc(C(=O)c2ccc(C(=O)OOC(C)(C)C)c(C(=O)OOC(C)(C)C)c2)cc1C(=O)OOC(C)(C)C. The maximum absolute atomic E-state index is 13.7. The number of hydrogen-bond acceptors (Lipinski definition) is 26. The van der Waals surface area contributed by atoms with Crippen molar-refractivity contribution in [2.75, 3.05) is 0 Å². The van der Waals surface area contributed by atoms with Crippen molar-refractivity contribution in [3.05, 3.63) is 140 Å². The predicted molar refractivity (Wildman–Crippen MR) is 323 cm³/mol. The van der Waals surface area contributed by atoms with Crippen LogP contribution < -0.4 is 0 Å². The number of carbonyl (C=O) groups is 10. The summed E-state index contributed by atoms with van der Waals surface area (Å²) in [5, 5.41) is 0. The van der Waals surface area contributed by atoms with Gasteiger partial charge in [-0.25, -0.2) is 38.4 Å². The summed E-state index contributed by atoms with van der Waals surface area (Å²) in [6.07, 6.45) is 0. The third kappa shape index (κ3) is 27.2. The van der Waals surface area contributed by atoms with E-state index in [1.54, 1.807) is 166 Å². The van der Waals surface area contributed by atoms with E-state index >= 15 is 0 Å². The van der Waals surface area contributed by atoms with E-state index in [-0.39, 0.29) is 66.8 Å². The molecule has 92 heavy (non-hydrogen) atoms. The average molecular weight is 1290 g/mol. The Kier molecular flexibility index (Phi) is 26.1. The second-order valence-corrected chi connectivity index (χ2v) is 28.2. The number of carbonyl (C=O) groups excluding carboxylic acids is 10. The molecule has 0 aromatic heterocycles. The summed E-state index contributed by atoms with van der Waals surface area (Å²) in [5.74, 6) is -9.87. The fourth-order valence-corrected chi connectivity index (χ4v) is 6.12. The number of ketones is 2. The first-order valence-electron chi connectivity index (χ1n) is 28.6. The minimum atomic E-state index is -1.09. The van der Waals surface area contributed by atoms with Crippen molar-refractivity contribution in [3.8, 4) is 0 Å². The van der Waals surface area contributed by atoms with E-state index in [2.05, 4.69) is 0 Å². The lowest BCUT2D eigenvalue weighted by molar-refractivity contribution is -0.302. The standard InChI is InChI=1S/2C33H42O13/c2*1-30(2,3)43-39-26(35)21-15-13-19(17-23(21)28(37)41-45-32(7,8)9)25(34)20-14-16-22(27(36)40-44-31(4,5)6)24(18-20)29(38)42-46-33(10,11)12/h2*13-18H,1-12H3. The van der Waals surface area contributed by atoms with E-state index in [0.717, 1.165) is 24.3 Å². The van der Waals surface area contributed by atoms with Crippen molar-refractivity contribution in [1.29, 1.82) is 0 Å². The molecule has 504 valence electrons. The lowest BCUT2D eigenvalue weighted by atomic mass is 9.95. The van der Waals surface area contributed by atoms with E-state index in [1.165, 1.54) is 48.5 Å². The van der Waals surface area contributed by atoms with Gasteiger partial charge in [0.2, 0.25) is 0 Å². The van der Waals surface area contributed by atoms with Crippen molar-refractivity contribution < 1.29 is 126 Å². The summed E-state index contributed by atoms with van der Waals surface area (Å²) >= 11 is 0. The zero-order valence-corrected chi connectivity index (χ0v) is 56.5. The minimum Gasteiger partial charge on any atom is -0.292 e. The fraction of sp³-hybridized carbons (Fsp3) is 0.485. The van der Waals surface area contributed by atoms with E-state index in [4.69, 9.17) is 78.2 Å². The van der Waals surface area contributed by atoms with Crippen LogP contribution in [-0.2, 0) is 78.2 Å². The van der Waals surface area contributed by atoms with Crippen LogP contribution in [0.5, 0.6) is 0 Å². The zero-order chi connectivity index (χ0) is 70.5. The quantitative estimate of drug-likeness (QED) is 0.0451. The van der Waals surface area contributed by atoms with E-state index < -0.39 is 104 Å². The smallest absolute Gasteiger partial charge is 0.292 e. The minimum absolute atomic E-state index is 0.0901. The van der Waals surface area contributed by atoms with Crippen molar-refractivity contribution in [2.45, 2.75) is 211 Å². The monoisotopic (exact) mass is 1290 g/mol. The Hall–Kier alpha value is -8.34. The third-order valence-electron chi connectivity index (χ3n) is 9.83. The molecule has 0 heterocycles. The number of benzene rings is 4. The second-order valence-electron chi connectivity index (χ2n) is 28.2. The maximum atomic E-state index is 13.7. The van der Waals surface area contributed by atoms with Gasteiger partial charge >= 0.3 is 47.8 Å². The van der Waals surface area contributed by atoms with Gasteiger partial charge < -0.3 is 0 Å². The molecule has 4 aromatic carbocycles. The van der Waals surface area contributed by atoms with Crippen LogP contribution in [0.2, 0.25) is 0 Å². The van der Waals surface area contributed by atoms with E-state index in [9.17, 15) is 47.9 Å². The molecule has 4 aromatic rings. The number of rotatable bonds is 20. The first-order chi connectivity index (χ1) is 41.7. The van der Waals surface area contributed by atoms with Gasteiger partial charge in [-0.1, -0.05) is 24.3 Å². The molecule has 0 radical (unpaired) electrons. The Bertz CT molecular complexity index is 2930. The zero-order valence-electron chi connectivity index (χ0n) is 56.5. The predicted octanol–water partition coefficient (Wildman–Crippen LogP) is 12.9. The molecule has 0 N–H and O–H groups in total.